The number of nitrogens with zero attached hydrogens (tertiary/aromatic N) is 1. The van der Waals surface area contributed by atoms with Gasteiger partial charge in [0.1, 0.15) is 0 Å². The van der Waals surface area contributed by atoms with E-state index in [2.05, 4.69) is 102 Å². The molecule has 1 aliphatic rings. The van der Waals surface area contributed by atoms with Crippen LogP contribution in [-0.4, -0.2) is 0 Å². The molecule has 1 heterocycles. The zero-order valence-electron chi connectivity index (χ0n) is 16.9. The standard InChI is InChI=1S/C28H26N/c1-21-20-27(23-12-6-3-7-13-23)26-17-16-24-14-8-9-15-25(24)28(26)29(21)19-18-22-10-4-2-5-11-22/h2-15,20H,16-19H2,1H3/q+1. The molecule has 0 radical (unpaired) electrons. The van der Waals surface area contributed by atoms with E-state index < -0.39 is 0 Å². The van der Waals surface area contributed by atoms with Crippen LogP contribution in [0, 0.1) is 6.92 Å². The number of hydrogen-bond acceptors (Lipinski definition) is 0. The second kappa shape index (κ2) is 7.67. The van der Waals surface area contributed by atoms with Crippen molar-refractivity contribution in [2.45, 2.75) is 32.7 Å². The molecule has 1 nitrogen and oxygen atoms in total. The fraction of sp³-hybridized carbons (Fsp3) is 0.179. The predicted octanol–water partition coefficient (Wildman–Crippen LogP) is 5.96. The largest absolute Gasteiger partial charge is 0.216 e. The predicted molar refractivity (Wildman–Crippen MR) is 120 cm³/mol. The highest BCUT2D eigenvalue weighted by atomic mass is 15.0. The van der Waals surface area contributed by atoms with Crippen molar-refractivity contribution < 1.29 is 4.57 Å². The fourth-order valence-corrected chi connectivity index (χ4v) is 4.68. The molecule has 0 fully saturated rings. The Morgan fingerprint density at radius 2 is 1.41 bits per heavy atom. The molecular weight excluding hydrogens is 350 g/mol. The molecule has 0 N–H and O–H groups in total. The van der Waals surface area contributed by atoms with Crippen molar-refractivity contribution >= 4 is 0 Å². The molecule has 0 spiro atoms. The summed E-state index contributed by atoms with van der Waals surface area (Å²) in [6.45, 7) is 3.26. The number of hydrogen-bond donors (Lipinski definition) is 0. The van der Waals surface area contributed by atoms with Crippen molar-refractivity contribution in [2.24, 2.45) is 0 Å². The van der Waals surface area contributed by atoms with Crippen molar-refractivity contribution in [1.29, 1.82) is 0 Å². The van der Waals surface area contributed by atoms with Gasteiger partial charge in [0.2, 0.25) is 5.69 Å². The lowest BCUT2D eigenvalue weighted by atomic mass is 9.84. The smallest absolute Gasteiger partial charge is 0.195 e. The summed E-state index contributed by atoms with van der Waals surface area (Å²) in [6.07, 6.45) is 3.26. The Morgan fingerprint density at radius 3 is 2.21 bits per heavy atom. The van der Waals surface area contributed by atoms with E-state index in [1.807, 2.05) is 0 Å². The first-order valence-corrected chi connectivity index (χ1v) is 10.6. The van der Waals surface area contributed by atoms with Crippen LogP contribution in [-0.2, 0) is 25.8 Å². The molecule has 0 saturated carbocycles. The molecule has 1 aromatic heterocycles. The molecule has 142 valence electrons. The van der Waals surface area contributed by atoms with E-state index in [4.69, 9.17) is 0 Å². The summed E-state index contributed by atoms with van der Waals surface area (Å²) in [6, 6.07) is 33.0. The second-order valence-corrected chi connectivity index (χ2v) is 7.94. The van der Waals surface area contributed by atoms with Gasteiger partial charge in [-0.05, 0) is 41.2 Å². The minimum Gasteiger partial charge on any atom is -0.195 e. The third-order valence-corrected chi connectivity index (χ3v) is 6.13. The van der Waals surface area contributed by atoms with Gasteiger partial charge in [-0.15, -0.1) is 0 Å². The number of benzene rings is 3. The summed E-state index contributed by atoms with van der Waals surface area (Å²) in [5.74, 6) is 0. The number of pyridine rings is 1. The second-order valence-electron chi connectivity index (χ2n) is 7.94. The average Bonchev–Trinajstić information content (AvgIpc) is 2.79. The Balaban J connectivity index is 1.68. The molecule has 29 heavy (non-hydrogen) atoms. The number of aromatic nitrogens is 1. The van der Waals surface area contributed by atoms with E-state index in [1.54, 1.807) is 0 Å². The first-order chi connectivity index (χ1) is 14.3. The van der Waals surface area contributed by atoms with E-state index >= 15 is 0 Å². The Kier molecular flexibility index (Phi) is 4.73. The van der Waals surface area contributed by atoms with Crippen molar-refractivity contribution in [1.82, 2.24) is 0 Å². The molecule has 5 rings (SSSR count). The topological polar surface area (TPSA) is 3.88 Å². The van der Waals surface area contributed by atoms with Crippen LogP contribution in [0.25, 0.3) is 22.4 Å². The maximum absolute atomic E-state index is 2.55. The van der Waals surface area contributed by atoms with Crippen molar-refractivity contribution in [3.8, 4) is 22.4 Å². The van der Waals surface area contributed by atoms with Crippen LogP contribution in [0.1, 0.15) is 22.4 Å². The summed E-state index contributed by atoms with van der Waals surface area (Å²) >= 11 is 0. The van der Waals surface area contributed by atoms with Crippen LogP contribution >= 0.6 is 0 Å². The zero-order chi connectivity index (χ0) is 19.6. The number of fused-ring (bicyclic) bond motifs is 3. The summed E-state index contributed by atoms with van der Waals surface area (Å²) in [5.41, 5.74) is 11.2. The molecule has 1 heteroatoms. The Bertz CT molecular complexity index is 1140. The van der Waals surface area contributed by atoms with Gasteiger partial charge in [-0.2, -0.15) is 4.57 Å². The van der Waals surface area contributed by atoms with Gasteiger partial charge < -0.3 is 0 Å². The number of aryl methyl sites for hydroxylation is 3. The average molecular weight is 377 g/mol. The fourth-order valence-electron chi connectivity index (χ4n) is 4.68. The Hall–Kier alpha value is -3.19. The van der Waals surface area contributed by atoms with Gasteiger partial charge in [0.25, 0.3) is 0 Å². The van der Waals surface area contributed by atoms with Gasteiger partial charge >= 0.3 is 0 Å². The van der Waals surface area contributed by atoms with Crippen LogP contribution in [0.2, 0.25) is 0 Å². The molecule has 0 saturated heterocycles. The van der Waals surface area contributed by atoms with E-state index in [-0.39, 0.29) is 0 Å². The minimum absolute atomic E-state index is 1.00. The minimum atomic E-state index is 1.00. The maximum Gasteiger partial charge on any atom is 0.216 e. The van der Waals surface area contributed by atoms with Crippen LogP contribution in [0.5, 0.6) is 0 Å². The molecule has 0 aliphatic heterocycles. The highest BCUT2D eigenvalue weighted by Crippen LogP contribution is 2.37. The first kappa shape index (κ1) is 17.9. The van der Waals surface area contributed by atoms with E-state index in [1.165, 1.54) is 44.8 Å². The molecule has 0 bridgehead atoms. The molecule has 0 amide bonds. The lowest BCUT2D eigenvalue weighted by molar-refractivity contribution is -0.692. The SMILES string of the molecule is Cc1cc(-c2ccccc2)c2c([n+]1CCc1ccccc1)-c1ccccc1CC2. The van der Waals surface area contributed by atoms with Gasteiger partial charge in [0.15, 0.2) is 12.2 Å². The summed E-state index contributed by atoms with van der Waals surface area (Å²) in [4.78, 5) is 0. The first-order valence-electron chi connectivity index (χ1n) is 10.6. The lowest BCUT2D eigenvalue weighted by Gasteiger charge is -2.22. The molecule has 3 aromatic carbocycles. The normalized spacial score (nSPS) is 12.3. The highest BCUT2D eigenvalue weighted by Gasteiger charge is 2.29. The van der Waals surface area contributed by atoms with E-state index in [9.17, 15) is 0 Å². The van der Waals surface area contributed by atoms with Gasteiger partial charge in [-0.3, -0.25) is 0 Å². The summed E-state index contributed by atoms with van der Waals surface area (Å²) in [5, 5.41) is 0. The number of rotatable bonds is 4. The third-order valence-electron chi connectivity index (χ3n) is 6.13. The monoisotopic (exact) mass is 376 g/mol. The Morgan fingerprint density at radius 1 is 0.724 bits per heavy atom. The quantitative estimate of drug-likeness (QED) is 0.387. The van der Waals surface area contributed by atoms with Crippen molar-refractivity contribution in [3.05, 3.63) is 113 Å². The van der Waals surface area contributed by atoms with Crippen molar-refractivity contribution in [2.75, 3.05) is 0 Å². The van der Waals surface area contributed by atoms with Crippen LogP contribution in [0.15, 0.2) is 91.0 Å². The van der Waals surface area contributed by atoms with E-state index in [0.29, 0.717) is 0 Å². The molecule has 0 unspecified atom stereocenters. The van der Waals surface area contributed by atoms with Gasteiger partial charge in [-0.25, -0.2) is 0 Å². The highest BCUT2D eigenvalue weighted by molar-refractivity contribution is 5.77. The molecule has 1 aliphatic carbocycles. The zero-order valence-corrected chi connectivity index (χ0v) is 16.9. The van der Waals surface area contributed by atoms with Crippen LogP contribution in [0.3, 0.4) is 0 Å². The van der Waals surface area contributed by atoms with Crippen LogP contribution in [0.4, 0.5) is 0 Å². The van der Waals surface area contributed by atoms with Crippen molar-refractivity contribution in [3.63, 3.8) is 0 Å². The maximum atomic E-state index is 2.55. The van der Waals surface area contributed by atoms with Gasteiger partial charge in [0.05, 0.1) is 0 Å². The van der Waals surface area contributed by atoms with Gasteiger partial charge in [-0.1, -0.05) is 78.9 Å². The van der Waals surface area contributed by atoms with Crippen LogP contribution < -0.4 is 4.57 Å². The summed E-state index contributed by atoms with van der Waals surface area (Å²) < 4.78 is 2.55. The molecular formula is C28H26N+. The summed E-state index contributed by atoms with van der Waals surface area (Å²) in [7, 11) is 0. The lowest BCUT2D eigenvalue weighted by Crippen LogP contribution is -2.42. The Labute approximate surface area is 173 Å². The third kappa shape index (κ3) is 3.38. The molecule has 0 atom stereocenters. The van der Waals surface area contributed by atoms with E-state index in [0.717, 1.165) is 25.8 Å². The van der Waals surface area contributed by atoms with Gasteiger partial charge in [0, 0.05) is 30.5 Å². The molecule has 4 aromatic rings.